The van der Waals surface area contributed by atoms with Gasteiger partial charge >= 0.3 is 0 Å². The summed E-state index contributed by atoms with van der Waals surface area (Å²) in [5.74, 6) is 2.52. The number of unbranched alkanes of at least 4 members (excludes halogenated alkanes) is 6. The van der Waals surface area contributed by atoms with Crippen molar-refractivity contribution in [3.63, 3.8) is 0 Å². The van der Waals surface area contributed by atoms with Crippen LogP contribution in [-0.4, -0.2) is 4.98 Å². The molecule has 1 aromatic heterocycles. The van der Waals surface area contributed by atoms with Gasteiger partial charge in [0, 0.05) is 11.9 Å². The first-order chi connectivity index (χ1) is 14.4. The molecule has 30 heavy (non-hydrogen) atoms. The van der Waals surface area contributed by atoms with E-state index in [4.69, 9.17) is 4.98 Å². The van der Waals surface area contributed by atoms with E-state index in [1.165, 1.54) is 102 Å². The van der Waals surface area contributed by atoms with Gasteiger partial charge in [-0.3, -0.25) is 4.98 Å². The van der Waals surface area contributed by atoms with Gasteiger partial charge in [0.25, 0.3) is 0 Å². The average Bonchev–Trinajstić information content (AvgIpc) is 2.67. The third-order valence-corrected chi connectivity index (χ3v) is 6.37. The second-order valence-corrected chi connectivity index (χ2v) is 10.9. The molecule has 174 valence electrons. The largest absolute Gasteiger partial charge is 0.261 e. The van der Waals surface area contributed by atoms with Crippen molar-refractivity contribution in [2.24, 2.45) is 17.8 Å². The SMILES string of the molecule is CC(C)CCCCCc1ccnc(CCCCCC(C)C)c1CCCCCC(C)C. The maximum atomic E-state index is 4.87. The highest BCUT2D eigenvalue weighted by atomic mass is 14.7. The normalized spacial score (nSPS) is 11.9. The molecule has 1 aromatic rings. The fourth-order valence-electron chi connectivity index (χ4n) is 4.43. The smallest absolute Gasteiger partial charge is 0.0438 e. The minimum Gasteiger partial charge on any atom is -0.261 e. The maximum Gasteiger partial charge on any atom is 0.0438 e. The first-order valence-corrected chi connectivity index (χ1v) is 13.4. The highest BCUT2D eigenvalue weighted by Crippen LogP contribution is 2.22. The predicted molar refractivity (Wildman–Crippen MR) is 135 cm³/mol. The molecule has 0 unspecified atom stereocenters. The lowest BCUT2D eigenvalue weighted by molar-refractivity contribution is 0.520. The van der Waals surface area contributed by atoms with Gasteiger partial charge in [0.2, 0.25) is 0 Å². The van der Waals surface area contributed by atoms with Gasteiger partial charge in [0.05, 0.1) is 0 Å². The van der Waals surface area contributed by atoms with Crippen LogP contribution in [-0.2, 0) is 19.3 Å². The van der Waals surface area contributed by atoms with Crippen LogP contribution >= 0.6 is 0 Å². The van der Waals surface area contributed by atoms with Crippen molar-refractivity contribution < 1.29 is 0 Å². The Morgan fingerprint density at radius 2 is 1.03 bits per heavy atom. The van der Waals surface area contributed by atoms with E-state index in [2.05, 4.69) is 53.8 Å². The lowest BCUT2D eigenvalue weighted by atomic mass is 9.93. The van der Waals surface area contributed by atoms with Crippen LogP contribution in [0.2, 0.25) is 0 Å². The molecule has 1 heteroatoms. The van der Waals surface area contributed by atoms with Crippen LogP contribution in [0.15, 0.2) is 12.3 Å². The van der Waals surface area contributed by atoms with Crippen LogP contribution in [0, 0.1) is 17.8 Å². The molecule has 1 nitrogen and oxygen atoms in total. The number of nitrogens with zero attached hydrogens (tertiary/aromatic N) is 1. The summed E-state index contributed by atoms with van der Waals surface area (Å²) in [4.78, 5) is 4.87. The van der Waals surface area contributed by atoms with Gasteiger partial charge in [0.1, 0.15) is 0 Å². The Hall–Kier alpha value is -0.850. The molecule has 1 rings (SSSR count). The second-order valence-electron chi connectivity index (χ2n) is 10.9. The van der Waals surface area contributed by atoms with Crippen molar-refractivity contribution in [3.8, 4) is 0 Å². The van der Waals surface area contributed by atoms with E-state index >= 15 is 0 Å². The van der Waals surface area contributed by atoms with Crippen LogP contribution in [0.25, 0.3) is 0 Å². The first-order valence-electron chi connectivity index (χ1n) is 13.4. The Morgan fingerprint density at radius 1 is 0.567 bits per heavy atom. The molecule has 0 amide bonds. The van der Waals surface area contributed by atoms with Crippen molar-refractivity contribution in [3.05, 3.63) is 29.1 Å². The van der Waals surface area contributed by atoms with Crippen LogP contribution in [0.5, 0.6) is 0 Å². The Kier molecular flexibility index (Phi) is 15.2. The standard InChI is InChI=1S/C29H53N/c1-24(2)16-10-7-13-19-27-22-23-30-29(21-15-9-12-18-26(5)6)28(27)20-14-8-11-17-25(3)4/h22-26H,7-21H2,1-6H3. The number of hydrogen-bond donors (Lipinski definition) is 0. The molecule has 0 aromatic carbocycles. The zero-order valence-electron chi connectivity index (χ0n) is 21.4. The van der Waals surface area contributed by atoms with Crippen LogP contribution in [0.3, 0.4) is 0 Å². The van der Waals surface area contributed by atoms with Crippen molar-refractivity contribution in [1.29, 1.82) is 0 Å². The van der Waals surface area contributed by atoms with Crippen molar-refractivity contribution in [1.82, 2.24) is 4.98 Å². The summed E-state index contributed by atoms with van der Waals surface area (Å²) < 4.78 is 0. The number of pyridine rings is 1. The van der Waals surface area contributed by atoms with Gasteiger partial charge < -0.3 is 0 Å². The molecule has 0 spiro atoms. The van der Waals surface area contributed by atoms with Gasteiger partial charge in [-0.15, -0.1) is 0 Å². The third kappa shape index (κ3) is 13.5. The highest BCUT2D eigenvalue weighted by molar-refractivity contribution is 5.30. The zero-order valence-corrected chi connectivity index (χ0v) is 21.4. The van der Waals surface area contributed by atoms with E-state index in [1.807, 2.05) is 0 Å². The number of rotatable bonds is 18. The molecule has 0 N–H and O–H groups in total. The monoisotopic (exact) mass is 415 g/mol. The fraction of sp³-hybridized carbons (Fsp3) is 0.828. The highest BCUT2D eigenvalue weighted by Gasteiger charge is 2.10. The van der Waals surface area contributed by atoms with Gasteiger partial charge in [0.15, 0.2) is 0 Å². The molecule has 0 saturated carbocycles. The second kappa shape index (κ2) is 16.8. The number of hydrogen-bond acceptors (Lipinski definition) is 1. The Labute approximate surface area is 189 Å². The summed E-state index contributed by atoms with van der Waals surface area (Å²) in [6.45, 7) is 14.0. The van der Waals surface area contributed by atoms with Crippen molar-refractivity contribution in [2.45, 2.75) is 138 Å². The predicted octanol–water partition coefficient (Wildman–Crippen LogP) is 9.36. The molecule has 0 radical (unpaired) electrons. The zero-order chi connectivity index (χ0) is 22.2. The Balaban J connectivity index is 2.61. The Bertz CT molecular complexity index is 493. The molecule has 0 aliphatic heterocycles. The molecular formula is C29H53N. The van der Waals surface area contributed by atoms with Gasteiger partial charge in [-0.1, -0.05) is 99.3 Å². The van der Waals surface area contributed by atoms with E-state index in [-0.39, 0.29) is 0 Å². The summed E-state index contributed by atoms with van der Waals surface area (Å²) >= 11 is 0. The van der Waals surface area contributed by atoms with Crippen molar-refractivity contribution >= 4 is 0 Å². The van der Waals surface area contributed by atoms with Gasteiger partial charge in [-0.05, 0) is 73.5 Å². The summed E-state index contributed by atoms with van der Waals surface area (Å²) in [5.41, 5.74) is 4.65. The molecule has 0 fully saturated rings. The minimum absolute atomic E-state index is 0.837. The summed E-state index contributed by atoms with van der Waals surface area (Å²) in [7, 11) is 0. The average molecular weight is 416 g/mol. The summed E-state index contributed by atoms with van der Waals surface area (Å²) in [5, 5.41) is 0. The third-order valence-electron chi connectivity index (χ3n) is 6.37. The maximum absolute atomic E-state index is 4.87. The number of aromatic nitrogens is 1. The molecule has 0 aliphatic rings. The van der Waals surface area contributed by atoms with Crippen LogP contribution < -0.4 is 0 Å². The summed E-state index contributed by atoms with van der Waals surface area (Å²) in [6.07, 6.45) is 22.1. The van der Waals surface area contributed by atoms with E-state index in [9.17, 15) is 0 Å². The van der Waals surface area contributed by atoms with E-state index in [0.29, 0.717) is 0 Å². The van der Waals surface area contributed by atoms with E-state index in [1.54, 1.807) is 11.1 Å². The Morgan fingerprint density at radius 3 is 1.53 bits per heavy atom. The molecule has 0 atom stereocenters. The lowest BCUT2D eigenvalue weighted by Gasteiger charge is -2.15. The molecule has 1 heterocycles. The van der Waals surface area contributed by atoms with E-state index < -0.39 is 0 Å². The molecule has 0 aliphatic carbocycles. The molecule has 0 bridgehead atoms. The topological polar surface area (TPSA) is 12.9 Å². The molecule has 0 saturated heterocycles. The molecular weight excluding hydrogens is 362 g/mol. The minimum atomic E-state index is 0.837. The fourth-order valence-corrected chi connectivity index (χ4v) is 4.43. The first kappa shape index (κ1) is 27.2. The quantitative estimate of drug-likeness (QED) is 0.218. The number of aryl methyl sites for hydroxylation is 2. The van der Waals surface area contributed by atoms with Crippen molar-refractivity contribution in [2.75, 3.05) is 0 Å². The van der Waals surface area contributed by atoms with Gasteiger partial charge in [-0.25, -0.2) is 0 Å². The van der Waals surface area contributed by atoms with Gasteiger partial charge in [-0.2, -0.15) is 0 Å². The van der Waals surface area contributed by atoms with Crippen LogP contribution in [0.4, 0.5) is 0 Å². The summed E-state index contributed by atoms with van der Waals surface area (Å²) in [6, 6.07) is 2.33. The van der Waals surface area contributed by atoms with E-state index in [0.717, 1.165) is 17.8 Å². The van der Waals surface area contributed by atoms with Crippen LogP contribution in [0.1, 0.15) is 135 Å². The lowest BCUT2D eigenvalue weighted by Crippen LogP contribution is -2.05.